The van der Waals surface area contributed by atoms with Gasteiger partial charge in [0.1, 0.15) is 11.9 Å². The van der Waals surface area contributed by atoms with Crippen LogP contribution in [-0.2, 0) is 10.0 Å². The summed E-state index contributed by atoms with van der Waals surface area (Å²) in [6, 6.07) is 12.8. The molecule has 6 nitrogen and oxygen atoms in total. The van der Waals surface area contributed by atoms with E-state index in [1.54, 1.807) is 36.4 Å². The lowest BCUT2D eigenvalue weighted by Crippen LogP contribution is -2.35. The molecule has 7 heteroatoms. The van der Waals surface area contributed by atoms with Crippen LogP contribution in [0.15, 0.2) is 53.4 Å². The zero-order valence-corrected chi connectivity index (χ0v) is 16.3. The minimum Gasteiger partial charge on any atom is -0.490 e. The van der Waals surface area contributed by atoms with Crippen LogP contribution in [0.5, 0.6) is 5.75 Å². The molecule has 1 aliphatic heterocycles. The zero-order chi connectivity index (χ0) is 19.4. The van der Waals surface area contributed by atoms with E-state index in [1.165, 1.54) is 19.1 Å². The molecule has 0 aliphatic carbocycles. The van der Waals surface area contributed by atoms with Crippen molar-refractivity contribution in [3.05, 3.63) is 54.1 Å². The number of ketones is 1. The lowest BCUT2D eigenvalue weighted by Gasteiger charge is -2.29. The fourth-order valence-corrected chi connectivity index (χ4v) is 4.04. The van der Waals surface area contributed by atoms with Crippen molar-refractivity contribution in [2.75, 3.05) is 24.9 Å². The van der Waals surface area contributed by atoms with Crippen molar-refractivity contribution in [2.24, 2.45) is 0 Å². The standard InChI is InChI=1S/C20H24N2O4S/c1-15(23)16-3-5-17(6-4-16)21-27(24,25)20-9-7-18(8-10-20)26-19-11-13-22(2)14-12-19/h3-10,19,21H,11-14H2,1-2H3. The SMILES string of the molecule is CC(=O)c1ccc(NS(=O)(=O)c2ccc(OC3CCN(C)CC3)cc2)cc1. The molecule has 1 aliphatic rings. The molecule has 3 rings (SSSR count). The molecule has 0 spiro atoms. The second-order valence-electron chi connectivity index (χ2n) is 6.83. The summed E-state index contributed by atoms with van der Waals surface area (Å²) in [6.07, 6.45) is 2.10. The van der Waals surface area contributed by atoms with Crippen molar-refractivity contribution in [1.29, 1.82) is 0 Å². The summed E-state index contributed by atoms with van der Waals surface area (Å²) in [6.45, 7) is 3.47. The topological polar surface area (TPSA) is 75.7 Å². The molecular weight excluding hydrogens is 364 g/mol. The van der Waals surface area contributed by atoms with Gasteiger partial charge in [-0.15, -0.1) is 0 Å². The Hall–Kier alpha value is -2.38. The molecule has 0 unspecified atom stereocenters. The van der Waals surface area contributed by atoms with Crippen LogP contribution < -0.4 is 9.46 Å². The largest absolute Gasteiger partial charge is 0.490 e. The maximum absolute atomic E-state index is 12.5. The van der Waals surface area contributed by atoms with Crippen LogP contribution in [0.1, 0.15) is 30.1 Å². The molecule has 0 aromatic heterocycles. The van der Waals surface area contributed by atoms with Crippen molar-refractivity contribution in [1.82, 2.24) is 4.90 Å². The number of benzene rings is 2. The third kappa shape index (κ3) is 5.08. The van der Waals surface area contributed by atoms with Gasteiger partial charge in [0.05, 0.1) is 4.90 Å². The van der Waals surface area contributed by atoms with Crippen LogP contribution in [0.25, 0.3) is 0 Å². The first-order valence-electron chi connectivity index (χ1n) is 8.92. The van der Waals surface area contributed by atoms with Gasteiger partial charge in [-0.05, 0) is 75.3 Å². The first-order chi connectivity index (χ1) is 12.8. The number of carbonyl (C=O) groups excluding carboxylic acids is 1. The first-order valence-corrected chi connectivity index (χ1v) is 10.4. The van der Waals surface area contributed by atoms with E-state index in [4.69, 9.17) is 4.74 Å². The van der Waals surface area contributed by atoms with Gasteiger partial charge in [0.25, 0.3) is 10.0 Å². The number of rotatable bonds is 6. The number of ether oxygens (including phenoxy) is 1. The van der Waals surface area contributed by atoms with Crippen molar-refractivity contribution in [3.8, 4) is 5.75 Å². The number of piperidine rings is 1. The van der Waals surface area contributed by atoms with Crippen LogP contribution in [0.3, 0.4) is 0 Å². The predicted octanol–water partition coefficient (Wildman–Crippen LogP) is 3.16. The van der Waals surface area contributed by atoms with E-state index >= 15 is 0 Å². The fourth-order valence-electron chi connectivity index (χ4n) is 2.98. The number of nitrogens with zero attached hydrogens (tertiary/aromatic N) is 1. The number of hydrogen-bond donors (Lipinski definition) is 1. The van der Waals surface area contributed by atoms with Gasteiger partial charge in [0.2, 0.25) is 0 Å². The molecule has 2 aromatic carbocycles. The van der Waals surface area contributed by atoms with Gasteiger partial charge in [-0.3, -0.25) is 9.52 Å². The Balaban J connectivity index is 1.65. The monoisotopic (exact) mass is 388 g/mol. The number of nitrogens with one attached hydrogen (secondary N) is 1. The molecular formula is C20H24N2O4S. The van der Waals surface area contributed by atoms with E-state index in [9.17, 15) is 13.2 Å². The van der Waals surface area contributed by atoms with Crippen molar-refractivity contribution in [2.45, 2.75) is 30.8 Å². The van der Waals surface area contributed by atoms with Crippen LogP contribution in [-0.4, -0.2) is 45.3 Å². The second-order valence-corrected chi connectivity index (χ2v) is 8.51. The van der Waals surface area contributed by atoms with E-state index in [1.807, 2.05) is 0 Å². The van der Waals surface area contributed by atoms with Crippen LogP contribution in [0.2, 0.25) is 0 Å². The number of anilines is 1. The summed E-state index contributed by atoms with van der Waals surface area (Å²) >= 11 is 0. The first kappa shape index (κ1) is 19.4. The van der Waals surface area contributed by atoms with Gasteiger partial charge in [-0.1, -0.05) is 0 Å². The normalized spacial score (nSPS) is 16.1. The number of hydrogen-bond acceptors (Lipinski definition) is 5. The minimum absolute atomic E-state index is 0.0652. The molecule has 0 bridgehead atoms. The Kier molecular flexibility index (Phi) is 5.82. The number of carbonyl (C=O) groups is 1. The predicted molar refractivity (Wildman–Crippen MR) is 105 cm³/mol. The smallest absolute Gasteiger partial charge is 0.261 e. The summed E-state index contributed by atoms with van der Waals surface area (Å²) in [5.74, 6) is 0.610. The molecule has 144 valence electrons. The molecule has 0 atom stereocenters. The average Bonchev–Trinajstić information content (AvgIpc) is 2.64. The number of likely N-dealkylation sites (tertiary alicyclic amines) is 1. The fraction of sp³-hybridized carbons (Fsp3) is 0.350. The van der Waals surface area contributed by atoms with E-state index in [0.717, 1.165) is 25.9 Å². The molecule has 0 radical (unpaired) electrons. The number of Topliss-reactive ketones (excluding diaryl/α,β-unsaturated/α-hetero) is 1. The lowest BCUT2D eigenvalue weighted by molar-refractivity contribution is 0.101. The maximum Gasteiger partial charge on any atom is 0.261 e. The summed E-state index contributed by atoms with van der Waals surface area (Å²) in [5, 5.41) is 0. The highest BCUT2D eigenvalue weighted by Crippen LogP contribution is 2.22. The molecule has 1 heterocycles. The van der Waals surface area contributed by atoms with E-state index < -0.39 is 10.0 Å². The van der Waals surface area contributed by atoms with Crippen LogP contribution in [0.4, 0.5) is 5.69 Å². The third-order valence-electron chi connectivity index (χ3n) is 4.65. The Morgan fingerprint density at radius 1 is 1.04 bits per heavy atom. The highest BCUT2D eigenvalue weighted by atomic mass is 32.2. The molecule has 1 saturated heterocycles. The molecule has 1 fully saturated rings. The maximum atomic E-state index is 12.5. The van der Waals surface area contributed by atoms with Gasteiger partial charge in [0.15, 0.2) is 5.78 Å². The molecule has 0 saturated carbocycles. The van der Waals surface area contributed by atoms with Gasteiger partial charge < -0.3 is 9.64 Å². The van der Waals surface area contributed by atoms with E-state index in [0.29, 0.717) is 17.0 Å². The Bertz CT molecular complexity index is 885. The molecule has 27 heavy (non-hydrogen) atoms. The van der Waals surface area contributed by atoms with Crippen molar-refractivity contribution in [3.63, 3.8) is 0 Å². The summed E-state index contributed by atoms with van der Waals surface area (Å²) in [7, 11) is -1.61. The highest BCUT2D eigenvalue weighted by Gasteiger charge is 2.19. The molecule has 1 N–H and O–H groups in total. The molecule has 0 amide bonds. The van der Waals surface area contributed by atoms with Crippen molar-refractivity contribution >= 4 is 21.5 Å². The van der Waals surface area contributed by atoms with Crippen LogP contribution in [0, 0.1) is 0 Å². The summed E-state index contributed by atoms with van der Waals surface area (Å²) in [5.41, 5.74) is 0.944. The quantitative estimate of drug-likeness (QED) is 0.770. The Labute approximate surface area is 160 Å². The van der Waals surface area contributed by atoms with Gasteiger partial charge in [-0.25, -0.2) is 8.42 Å². The second kappa shape index (κ2) is 8.10. The summed E-state index contributed by atoms with van der Waals surface area (Å²) < 4.78 is 33.5. The third-order valence-corrected chi connectivity index (χ3v) is 6.04. The minimum atomic E-state index is -3.70. The van der Waals surface area contributed by atoms with Gasteiger partial charge in [0, 0.05) is 24.3 Å². The van der Waals surface area contributed by atoms with Gasteiger partial charge >= 0.3 is 0 Å². The highest BCUT2D eigenvalue weighted by molar-refractivity contribution is 7.92. The van der Waals surface area contributed by atoms with Crippen molar-refractivity contribution < 1.29 is 17.9 Å². The Morgan fingerprint density at radius 2 is 1.63 bits per heavy atom. The summed E-state index contributed by atoms with van der Waals surface area (Å²) in [4.78, 5) is 13.7. The lowest BCUT2D eigenvalue weighted by atomic mass is 10.1. The molecule has 2 aromatic rings. The van der Waals surface area contributed by atoms with E-state index in [-0.39, 0.29) is 16.8 Å². The zero-order valence-electron chi connectivity index (χ0n) is 15.5. The van der Waals surface area contributed by atoms with Gasteiger partial charge in [-0.2, -0.15) is 0 Å². The van der Waals surface area contributed by atoms with Crippen LogP contribution >= 0.6 is 0 Å². The Morgan fingerprint density at radius 3 is 2.19 bits per heavy atom. The average molecular weight is 388 g/mol. The van der Waals surface area contributed by atoms with E-state index in [2.05, 4.69) is 16.7 Å². The number of sulfonamides is 1.